The lowest BCUT2D eigenvalue weighted by atomic mass is 10.2. The molecule has 2 N–H and O–H groups in total. The highest BCUT2D eigenvalue weighted by molar-refractivity contribution is 14.0. The van der Waals surface area contributed by atoms with Crippen LogP contribution in [0.2, 0.25) is 0 Å². The maximum atomic E-state index is 4.45. The van der Waals surface area contributed by atoms with Crippen molar-refractivity contribution in [2.45, 2.75) is 24.6 Å². The number of aliphatic imine (C=N–C) groups is 1. The van der Waals surface area contributed by atoms with Crippen LogP contribution in [-0.2, 0) is 6.54 Å². The quantitative estimate of drug-likeness (QED) is 0.410. The molecule has 1 saturated heterocycles. The molecule has 1 unspecified atom stereocenters. The molecule has 8 heteroatoms. The van der Waals surface area contributed by atoms with Crippen LogP contribution in [0.25, 0.3) is 5.82 Å². The fourth-order valence-electron chi connectivity index (χ4n) is 2.60. The molecule has 1 aliphatic rings. The normalized spacial score (nSPS) is 17.4. The highest BCUT2D eigenvalue weighted by atomic mass is 127. The van der Waals surface area contributed by atoms with Gasteiger partial charge in [-0.25, -0.2) is 9.97 Å². The Labute approximate surface area is 164 Å². The summed E-state index contributed by atoms with van der Waals surface area (Å²) in [6, 6.07) is 4.01. The summed E-state index contributed by atoms with van der Waals surface area (Å²) in [4.78, 5) is 12.8. The van der Waals surface area contributed by atoms with Crippen molar-refractivity contribution in [3.05, 3.63) is 42.6 Å². The summed E-state index contributed by atoms with van der Waals surface area (Å²) in [5, 5.41) is 7.48. The van der Waals surface area contributed by atoms with Gasteiger partial charge in [0.1, 0.15) is 12.1 Å². The summed E-state index contributed by atoms with van der Waals surface area (Å²) in [5.74, 6) is 3.00. The van der Waals surface area contributed by atoms with E-state index in [0.717, 1.165) is 23.9 Å². The lowest BCUT2D eigenvalue weighted by Gasteiger charge is -2.16. The van der Waals surface area contributed by atoms with Gasteiger partial charge < -0.3 is 10.6 Å². The third kappa shape index (κ3) is 5.10. The number of rotatable bonds is 5. The molecule has 0 radical (unpaired) electrons. The number of imidazole rings is 1. The van der Waals surface area contributed by atoms with E-state index < -0.39 is 0 Å². The van der Waals surface area contributed by atoms with Crippen molar-refractivity contribution in [3.63, 3.8) is 0 Å². The van der Waals surface area contributed by atoms with E-state index in [9.17, 15) is 0 Å². The maximum absolute atomic E-state index is 4.45. The molecule has 3 heterocycles. The molecule has 0 saturated carbocycles. The van der Waals surface area contributed by atoms with Gasteiger partial charge in [-0.15, -0.1) is 24.0 Å². The molecule has 1 fully saturated rings. The second-order valence-corrected chi connectivity index (χ2v) is 6.81. The van der Waals surface area contributed by atoms with E-state index in [-0.39, 0.29) is 24.0 Å². The number of halogens is 1. The van der Waals surface area contributed by atoms with E-state index in [2.05, 4.69) is 31.7 Å². The van der Waals surface area contributed by atoms with Crippen LogP contribution in [0.3, 0.4) is 0 Å². The number of hydrogen-bond acceptors (Lipinski definition) is 4. The van der Waals surface area contributed by atoms with Crippen LogP contribution >= 0.6 is 35.7 Å². The van der Waals surface area contributed by atoms with Crippen molar-refractivity contribution in [1.29, 1.82) is 0 Å². The fraction of sp³-hybridized carbons (Fsp3) is 0.438. The van der Waals surface area contributed by atoms with Crippen LogP contribution in [0.1, 0.15) is 18.4 Å². The average molecular weight is 458 g/mol. The van der Waals surface area contributed by atoms with Gasteiger partial charge >= 0.3 is 0 Å². The van der Waals surface area contributed by atoms with Crippen LogP contribution in [0.5, 0.6) is 0 Å². The van der Waals surface area contributed by atoms with Gasteiger partial charge in [0.05, 0.1) is 0 Å². The van der Waals surface area contributed by atoms with E-state index in [4.69, 9.17) is 0 Å². The molecule has 1 aliphatic heterocycles. The Hall–Kier alpha value is -1.29. The number of nitrogens with zero attached hydrogens (tertiary/aromatic N) is 4. The number of hydrogen-bond donors (Lipinski definition) is 2. The largest absolute Gasteiger partial charge is 0.355 e. The molecule has 0 aromatic carbocycles. The Kier molecular flexibility index (Phi) is 7.83. The van der Waals surface area contributed by atoms with E-state index in [1.807, 2.05) is 28.6 Å². The summed E-state index contributed by atoms with van der Waals surface area (Å²) < 4.78 is 1.92. The standard InChI is InChI=1S/C16H22N6S.HI/c1-17-16(21-11-14-5-3-9-23-14)20-10-13-4-2-6-19-15(13)22-8-7-18-12-22;/h2,4,6-8,12,14H,3,5,9-11H2,1H3,(H2,17,20,21);1H. The molecule has 0 bridgehead atoms. The first-order valence-electron chi connectivity index (χ1n) is 7.85. The van der Waals surface area contributed by atoms with Crippen LogP contribution in [0.4, 0.5) is 0 Å². The SMILES string of the molecule is CN=C(NCc1cccnc1-n1ccnc1)NCC1CCCS1.I. The van der Waals surface area contributed by atoms with Gasteiger partial charge in [-0.05, 0) is 24.7 Å². The van der Waals surface area contributed by atoms with E-state index >= 15 is 0 Å². The highest BCUT2D eigenvalue weighted by Gasteiger charge is 2.15. The van der Waals surface area contributed by atoms with Crippen LogP contribution < -0.4 is 10.6 Å². The molecule has 3 rings (SSSR count). The minimum atomic E-state index is 0. The first kappa shape index (κ1) is 19.0. The van der Waals surface area contributed by atoms with E-state index in [1.54, 1.807) is 25.8 Å². The minimum Gasteiger partial charge on any atom is -0.355 e. The van der Waals surface area contributed by atoms with Crippen LogP contribution in [-0.4, -0.2) is 45.1 Å². The summed E-state index contributed by atoms with van der Waals surface area (Å²) >= 11 is 2.04. The number of nitrogens with one attached hydrogen (secondary N) is 2. The second kappa shape index (κ2) is 9.87. The first-order valence-corrected chi connectivity index (χ1v) is 8.90. The van der Waals surface area contributed by atoms with Crippen molar-refractivity contribution in [2.24, 2.45) is 4.99 Å². The molecule has 130 valence electrons. The minimum absolute atomic E-state index is 0. The summed E-state index contributed by atoms with van der Waals surface area (Å²) in [6.07, 6.45) is 9.83. The van der Waals surface area contributed by atoms with Gasteiger partial charge in [-0.1, -0.05) is 6.07 Å². The Morgan fingerprint density at radius 1 is 1.42 bits per heavy atom. The van der Waals surface area contributed by atoms with Gasteiger partial charge in [-0.2, -0.15) is 11.8 Å². The topological polar surface area (TPSA) is 67.1 Å². The zero-order valence-electron chi connectivity index (χ0n) is 13.7. The average Bonchev–Trinajstić information content (AvgIpc) is 3.29. The Morgan fingerprint density at radius 3 is 3.04 bits per heavy atom. The molecular weight excluding hydrogens is 435 g/mol. The number of aromatic nitrogens is 3. The van der Waals surface area contributed by atoms with Crippen molar-refractivity contribution < 1.29 is 0 Å². The zero-order valence-corrected chi connectivity index (χ0v) is 16.8. The second-order valence-electron chi connectivity index (χ2n) is 5.40. The number of guanidine groups is 1. The summed E-state index contributed by atoms with van der Waals surface area (Å²) in [5.41, 5.74) is 1.10. The van der Waals surface area contributed by atoms with Crippen molar-refractivity contribution in [1.82, 2.24) is 25.2 Å². The predicted octanol–water partition coefficient (Wildman–Crippen LogP) is 2.45. The zero-order chi connectivity index (χ0) is 15.9. The van der Waals surface area contributed by atoms with Gasteiger partial charge in [-0.3, -0.25) is 9.56 Å². The Bertz CT molecular complexity index is 640. The smallest absolute Gasteiger partial charge is 0.191 e. The van der Waals surface area contributed by atoms with Crippen LogP contribution in [0, 0.1) is 0 Å². The predicted molar refractivity (Wildman–Crippen MR) is 110 cm³/mol. The van der Waals surface area contributed by atoms with Gasteiger partial charge in [0.15, 0.2) is 5.96 Å². The molecule has 24 heavy (non-hydrogen) atoms. The van der Waals surface area contributed by atoms with Crippen molar-refractivity contribution >= 4 is 41.7 Å². The molecule has 1 atom stereocenters. The lowest BCUT2D eigenvalue weighted by Crippen LogP contribution is -2.39. The van der Waals surface area contributed by atoms with E-state index in [1.165, 1.54) is 18.6 Å². The van der Waals surface area contributed by atoms with Crippen molar-refractivity contribution in [3.8, 4) is 5.82 Å². The lowest BCUT2D eigenvalue weighted by molar-refractivity contribution is 0.724. The monoisotopic (exact) mass is 458 g/mol. The molecular formula is C16H23IN6S. The molecule has 2 aromatic rings. The molecule has 0 amide bonds. The fourth-order valence-corrected chi connectivity index (χ4v) is 3.80. The molecule has 0 aliphatic carbocycles. The van der Waals surface area contributed by atoms with Gasteiger partial charge in [0.2, 0.25) is 0 Å². The van der Waals surface area contributed by atoms with Gasteiger partial charge in [0.25, 0.3) is 0 Å². The summed E-state index contributed by atoms with van der Waals surface area (Å²) in [6.45, 7) is 1.63. The Morgan fingerprint density at radius 2 is 2.33 bits per heavy atom. The third-order valence-corrected chi connectivity index (χ3v) is 5.21. The number of pyridine rings is 1. The first-order chi connectivity index (χ1) is 11.4. The Balaban J connectivity index is 0.00000208. The maximum Gasteiger partial charge on any atom is 0.191 e. The molecule has 6 nitrogen and oxygen atoms in total. The van der Waals surface area contributed by atoms with Crippen molar-refractivity contribution in [2.75, 3.05) is 19.3 Å². The summed E-state index contributed by atoms with van der Waals surface area (Å²) in [7, 11) is 1.80. The third-order valence-electron chi connectivity index (χ3n) is 3.81. The molecule has 0 spiro atoms. The van der Waals surface area contributed by atoms with Gasteiger partial charge in [0, 0.05) is 49.5 Å². The van der Waals surface area contributed by atoms with Crippen LogP contribution in [0.15, 0.2) is 42.0 Å². The van der Waals surface area contributed by atoms with E-state index in [0.29, 0.717) is 11.8 Å². The number of thioether (sulfide) groups is 1. The molecule has 2 aromatic heterocycles. The highest BCUT2D eigenvalue weighted by Crippen LogP contribution is 2.25.